The lowest BCUT2D eigenvalue weighted by Gasteiger charge is -2.13. The quantitative estimate of drug-likeness (QED) is 0.745. The number of benzene rings is 1. The van der Waals surface area contributed by atoms with Crippen molar-refractivity contribution >= 4 is 11.8 Å². The summed E-state index contributed by atoms with van der Waals surface area (Å²) in [6.45, 7) is 5.44. The van der Waals surface area contributed by atoms with Crippen molar-refractivity contribution in [3.8, 4) is 0 Å². The first kappa shape index (κ1) is 15.5. The molecule has 1 N–H and O–H groups in total. The van der Waals surface area contributed by atoms with Crippen molar-refractivity contribution in [3.63, 3.8) is 0 Å². The number of ether oxygens (including phenoxy) is 1. The summed E-state index contributed by atoms with van der Waals surface area (Å²) in [6.07, 6.45) is 0.843. The van der Waals surface area contributed by atoms with Crippen LogP contribution in [-0.2, 0) is 11.3 Å². The predicted octanol–water partition coefficient (Wildman–Crippen LogP) is 3.34. The molecule has 3 heteroatoms. The van der Waals surface area contributed by atoms with Gasteiger partial charge in [0.2, 0.25) is 0 Å². The molecule has 0 heterocycles. The Morgan fingerprint density at radius 1 is 1.22 bits per heavy atom. The van der Waals surface area contributed by atoms with Crippen molar-refractivity contribution in [2.24, 2.45) is 5.92 Å². The van der Waals surface area contributed by atoms with E-state index in [9.17, 15) is 5.11 Å². The van der Waals surface area contributed by atoms with Crippen molar-refractivity contribution in [2.45, 2.75) is 33.0 Å². The second-order valence-electron chi connectivity index (χ2n) is 4.71. The van der Waals surface area contributed by atoms with E-state index in [0.717, 1.165) is 23.0 Å². The molecular weight excluding hydrogens is 244 g/mol. The molecule has 0 saturated heterocycles. The summed E-state index contributed by atoms with van der Waals surface area (Å²) < 4.78 is 5.50. The third-order valence-corrected chi connectivity index (χ3v) is 4.26. The van der Waals surface area contributed by atoms with Crippen LogP contribution in [0.2, 0.25) is 0 Å². The number of aliphatic hydroxyl groups is 1. The molecule has 0 saturated carbocycles. The van der Waals surface area contributed by atoms with Crippen molar-refractivity contribution in [1.82, 2.24) is 0 Å². The monoisotopic (exact) mass is 268 g/mol. The Morgan fingerprint density at radius 2 is 1.94 bits per heavy atom. The zero-order valence-corrected chi connectivity index (χ0v) is 12.2. The van der Waals surface area contributed by atoms with E-state index in [0.29, 0.717) is 13.2 Å². The van der Waals surface area contributed by atoms with Gasteiger partial charge in [-0.25, -0.2) is 0 Å². The molecule has 0 amide bonds. The molecule has 0 aliphatic heterocycles. The Labute approximate surface area is 115 Å². The smallest absolute Gasteiger partial charge is 0.0863 e. The van der Waals surface area contributed by atoms with Gasteiger partial charge in [-0.15, -0.1) is 0 Å². The van der Waals surface area contributed by atoms with Gasteiger partial charge in [0, 0.05) is 5.75 Å². The Hall–Kier alpha value is -0.510. The third-order valence-electron chi connectivity index (χ3n) is 2.83. The molecule has 102 valence electrons. The molecule has 0 spiro atoms. The van der Waals surface area contributed by atoms with Crippen LogP contribution >= 0.6 is 11.8 Å². The van der Waals surface area contributed by atoms with Crippen molar-refractivity contribution in [1.29, 1.82) is 0 Å². The van der Waals surface area contributed by atoms with Crippen LogP contribution in [0, 0.1) is 5.92 Å². The van der Waals surface area contributed by atoms with E-state index < -0.39 is 0 Å². The first-order valence-corrected chi connectivity index (χ1v) is 7.75. The largest absolute Gasteiger partial charge is 0.390 e. The molecule has 2 unspecified atom stereocenters. The molecule has 0 radical (unpaired) electrons. The maximum atomic E-state index is 9.77. The first-order chi connectivity index (χ1) is 8.72. The molecule has 2 atom stereocenters. The molecule has 2 nitrogen and oxygen atoms in total. The number of thioether (sulfide) groups is 1. The predicted molar refractivity (Wildman–Crippen MR) is 78.9 cm³/mol. The molecular formula is C15H24O2S. The fourth-order valence-corrected chi connectivity index (χ4v) is 2.60. The van der Waals surface area contributed by atoms with Crippen LogP contribution in [0.5, 0.6) is 0 Å². The van der Waals surface area contributed by atoms with E-state index in [1.54, 1.807) is 0 Å². The number of rotatable bonds is 9. The van der Waals surface area contributed by atoms with Gasteiger partial charge in [0.15, 0.2) is 0 Å². The molecule has 0 bridgehead atoms. The fraction of sp³-hybridized carbons (Fsp3) is 0.600. The summed E-state index contributed by atoms with van der Waals surface area (Å²) >= 11 is 1.81. The molecule has 0 aliphatic carbocycles. The standard InChI is InChI=1S/C15H24O2S/c1-3-13(2)11-18-12-15(16)10-17-9-14-7-5-4-6-8-14/h4-8,13,15-16H,3,9-12H2,1-2H3. The summed E-state index contributed by atoms with van der Waals surface area (Å²) in [5, 5.41) is 9.77. The van der Waals surface area contributed by atoms with Crippen molar-refractivity contribution in [2.75, 3.05) is 18.1 Å². The fourth-order valence-electron chi connectivity index (χ4n) is 1.46. The SMILES string of the molecule is CCC(C)CSCC(O)COCc1ccccc1. The Morgan fingerprint density at radius 3 is 2.61 bits per heavy atom. The maximum Gasteiger partial charge on any atom is 0.0863 e. The minimum absolute atomic E-state index is 0.359. The minimum atomic E-state index is -0.359. The zero-order valence-electron chi connectivity index (χ0n) is 11.3. The lowest BCUT2D eigenvalue weighted by Crippen LogP contribution is -2.18. The van der Waals surface area contributed by atoms with E-state index >= 15 is 0 Å². The van der Waals surface area contributed by atoms with Crippen molar-refractivity contribution in [3.05, 3.63) is 35.9 Å². The maximum absolute atomic E-state index is 9.77. The van der Waals surface area contributed by atoms with Gasteiger partial charge in [-0.05, 0) is 17.2 Å². The second kappa shape index (κ2) is 9.42. The van der Waals surface area contributed by atoms with Crippen LogP contribution in [0.4, 0.5) is 0 Å². The van der Waals surface area contributed by atoms with Crippen LogP contribution in [0.1, 0.15) is 25.8 Å². The highest BCUT2D eigenvalue weighted by atomic mass is 32.2. The molecule has 1 aromatic rings. The molecule has 0 aliphatic rings. The Bertz CT molecular complexity index is 303. The highest BCUT2D eigenvalue weighted by molar-refractivity contribution is 7.99. The molecule has 18 heavy (non-hydrogen) atoms. The van der Waals surface area contributed by atoms with E-state index in [-0.39, 0.29) is 6.10 Å². The molecule has 0 aromatic heterocycles. The number of hydrogen-bond donors (Lipinski definition) is 1. The average molecular weight is 268 g/mol. The summed E-state index contributed by atoms with van der Waals surface area (Å²) in [5.41, 5.74) is 1.15. The Kier molecular flexibility index (Phi) is 8.14. The van der Waals surface area contributed by atoms with E-state index in [1.165, 1.54) is 6.42 Å². The van der Waals surface area contributed by atoms with Crippen LogP contribution in [0.3, 0.4) is 0 Å². The van der Waals surface area contributed by atoms with Gasteiger partial charge >= 0.3 is 0 Å². The highest BCUT2D eigenvalue weighted by Gasteiger charge is 2.06. The van der Waals surface area contributed by atoms with Gasteiger partial charge in [-0.3, -0.25) is 0 Å². The molecule has 1 aromatic carbocycles. The van der Waals surface area contributed by atoms with Crippen molar-refractivity contribution < 1.29 is 9.84 Å². The summed E-state index contributed by atoms with van der Waals surface area (Å²) in [6, 6.07) is 10.0. The van der Waals surface area contributed by atoms with Crippen LogP contribution in [-0.4, -0.2) is 29.3 Å². The van der Waals surface area contributed by atoms with Gasteiger partial charge in [0.25, 0.3) is 0 Å². The van der Waals surface area contributed by atoms with Crippen LogP contribution < -0.4 is 0 Å². The van der Waals surface area contributed by atoms with E-state index in [2.05, 4.69) is 13.8 Å². The summed E-state index contributed by atoms with van der Waals surface area (Å²) in [7, 11) is 0. The van der Waals surface area contributed by atoms with Gasteiger partial charge in [-0.1, -0.05) is 50.6 Å². The average Bonchev–Trinajstić information content (AvgIpc) is 2.39. The topological polar surface area (TPSA) is 29.5 Å². The van der Waals surface area contributed by atoms with E-state index in [4.69, 9.17) is 4.74 Å². The summed E-state index contributed by atoms with van der Waals surface area (Å²) in [4.78, 5) is 0. The molecule has 1 rings (SSSR count). The molecule has 0 fully saturated rings. The van der Waals surface area contributed by atoms with Gasteiger partial charge in [-0.2, -0.15) is 11.8 Å². The van der Waals surface area contributed by atoms with Gasteiger partial charge in [0.05, 0.1) is 19.3 Å². The third kappa shape index (κ3) is 7.04. The van der Waals surface area contributed by atoms with Gasteiger partial charge < -0.3 is 9.84 Å². The second-order valence-corrected chi connectivity index (χ2v) is 5.78. The zero-order chi connectivity index (χ0) is 13.2. The number of hydrogen-bond acceptors (Lipinski definition) is 3. The van der Waals surface area contributed by atoms with Gasteiger partial charge in [0.1, 0.15) is 0 Å². The van der Waals surface area contributed by atoms with Crippen LogP contribution in [0.25, 0.3) is 0 Å². The highest BCUT2D eigenvalue weighted by Crippen LogP contribution is 2.12. The summed E-state index contributed by atoms with van der Waals surface area (Å²) in [5.74, 6) is 2.61. The number of aliphatic hydroxyl groups excluding tert-OH is 1. The first-order valence-electron chi connectivity index (χ1n) is 6.59. The van der Waals surface area contributed by atoms with E-state index in [1.807, 2.05) is 42.1 Å². The lowest BCUT2D eigenvalue weighted by atomic mass is 10.2. The minimum Gasteiger partial charge on any atom is -0.390 e. The Balaban J connectivity index is 2.05. The normalized spacial score (nSPS) is 14.4. The van der Waals surface area contributed by atoms with Crippen LogP contribution in [0.15, 0.2) is 30.3 Å². The lowest BCUT2D eigenvalue weighted by molar-refractivity contribution is 0.0398.